The zero-order valence-corrected chi connectivity index (χ0v) is 15.2. The summed E-state index contributed by atoms with van der Waals surface area (Å²) >= 11 is 0. The van der Waals surface area contributed by atoms with Crippen molar-refractivity contribution >= 4 is 11.9 Å². The molecule has 7 heteroatoms. The number of likely N-dealkylation sites (N-methyl/N-ethyl adjacent to an activating group) is 1. The third-order valence-corrected chi connectivity index (χ3v) is 3.98. The molecule has 0 bridgehead atoms. The molecule has 0 aliphatic carbocycles. The predicted molar refractivity (Wildman–Crippen MR) is 97.8 cm³/mol. The van der Waals surface area contributed by atoms with E-state index in [1.165, 1.54) is 0 Å². The van der Waals surface area contributed by atoms with E-state index in [4.69, 9.17) is 9.47 Å². The molecule has 7 nitrogen and oxygen atoms in total. The highest BCUT2D eigenvalue weighted by Gasteiger charge is 2.16. The smallest absolute Gasteiger partial charge is 0.241 e. The maximum Gasteiger partial charge on any atom is 0.241 e. The fraction of sp³-hybridized carbons (Fsp3) is 0.556. The van der Waals surface area contributed by atoms with Crippen LogP contribution >= 0.6 is 0 Å². The monoisotopic (exact) mass is 348 g/mol. The van der Waals surface area contributed by atoms with Gasteiger partial charge in [-0.15, -0.1) is 0 Å². The number of amides is 1. The van der Waals surface area contributed by atoms with Crippen LogP contribution in [0.25, 0.3) is 0 Å². The van der Waals surface area contributed by atoms with Gasteiger partial charge in [-0.2, -0.15) is 0 Å². The Morgan fingerprint density at radius 2 is 2.24 bits per heavy atom. The molecule has 0 spiro atoms. The van der Waals surface area contributed by atoms with Crippen LogP contribution in [0.4, 0.5) is 0 Å². The molecular weight excluding hydrogens is 320 g/mol. The number of ether oxygens (including phenoxy) is 2. The summed E-state index contributed by atoms with van der Waals surface area (Å²) in [4.78, 5) is 17.9. The summed E-state index contributed by atoms with van der Waals surface area (Å²) in [6.45, 7) is 2.19. The fourth-order valence-corrected chi connectivity index (χ4v) is 2.45. The van der Waals surface area contributed by atoms with Crippen molar-refractivity contribution in [1.82, 2.24) is 15.5 Å². The molecule has 1 amide bonds. The molecule has 1 aromatic rings. The van der Waals surface area contributed by atoms with Crippen LogP contribution in [0, 0.1) is 0 Å². The molecule has 0 radical (unpaired) electrons. The minimum Gasteiger partial charge on any atom is -0.497 e. The van der Waals surface area contributed by atoms with E-state index in [1.807, 2.05) is 24.3 Å². The van der Waals surface area contributed by atoms with Crippen molar-refractivity contribution in [1.29, 1.82) is 0 Å². The van der Waals surface area contributed by atoms with Gasteiger partial charge in [-0.25, -0.2) is 4.99 Å². The Morgan fingerprint density at radius 3 is 2.92 bits per heavy atom. The first-order chi connectivity index (χ1) is 12.1. The number of nitrogens with one attached hydrogen (secondary N) is 2. The van der Waals surface area contributed by atoms with Crippen molar-refractivity contribution in [3.8, 4) is 5.75 Å². The number of benzene rings is 1. The molecule has 2 N–H and O–H groups in total. The largest absolute Gasteiger partial charge is 0.497 e. The number of carbonyl (C=O) groups is 1. The molecule has 1 aliphatic rings. The molecule has 1 saturated heterocycles. The van der Waals surface area contributed by atoms with Crippen molar-refractivity contribution in [3.05, 3.63) is 29.8 Å². The van der Waals surface area contributed by atoms with E-state index in [2.05, 4.69) is 15.6 Å². The fourth-order valence-electron chi connectivity index (χ4n) is 2.45. The van der Waals surface area contributed by atoms with Gasteiger partial charge in [-0.05, 0) is 30.5 Å². The topological polar surface area (TPSA) is 75.2 Å². The lowest BCUT2D eigenvalue weighted by Crippen LogP contribution is -2.45. The van der Waals surface area contributed by atoms with Gasteiger partial charge in [-0.3, -0.25) is 4.79 Å². The summed E-state index contributed by atoms with van der Waals surface area (Å²) in [6, 6.07) is 7.78. The number of hydrogen-bond donors (Lipinski definition) is 2. The summed E-state index contributed by atoms with van der Waals surface area (Å²) in [5, 5.41) is 6.35. The van der Waals surface area contributed by atoms with Gasteiger partial charge in [0.25, 0.3) is 0 Å². The average Bonchev–Trinajstić information content (AvgIpc) is 3.14. The lowest BCUT2D eigenvalue weighted by Gasteiger charge is -2.17. The normalized spacial score (nSPS) is 17.2. The van der Waals surface area contributed by atoms with Gasteiger partial charge in [0.15, 0.2) is 5.96 Å². The van der Waals surface area contributed by atoms with E-state index in [0.717, 1.165) is 30.8 Å². The van der Waals surface area contributed by atoms with Crippen molar-refractivity contribution in [2.75, 3.05) is 40.9 Å². The number of rotatable bonds is 7. The number of guanidine groups is 1. The van der Waals surface area contributed by atoms with E-state index >= 15 is 0 Å². The first-order valence-electron chi connectivity index (χ1n) is 8.55. The molecule has 1 atom stereocenters. The second-order valence-electron chi connectivity index (χ2n) is 6.17. The number of nitrogens with zero attached hydrogens (tertiary/aromatic N) is 2. The second-order valence-corrected chi connectivity index (χ2v) is 6.17. The van der Waals surface area contributed by atoms with Gasteiger partial charge in [0.2, 0.25) is 5.91 Å². The standard InChI is InChI=1S/C18H28N4O3/c1-22(2)17(23)13-21-18(20-12-16-8-5-9-25-16)19-11-14-6-4-7-15(10-14)24-3/h4,6-7,10,16H,5,8-9,11-13H2,1-3H3,(H2,19,20,21). The Kier molecular flexibility index (Phi) is 7.53. The third-order valence-electron chi connectivity index (χ3n) is 3.98. The molecule has 1 aliphatic heterocycles. The first kappa shape index (κ1) is 19.1. The Bertz CT molecular complexity index is 583. The van der Waals surface area contributed by atoms with Gasteiger partial charge < -0.3 is 25.0 Å². The Hall–Kier alpha value is -2.28. The third kappa shape index (κ3) is 6.62. The molecule has 1 fully saturated rings. The molecule has 0 aromatic heterocycles. The predicted octanol–water partition coefficient (Wildman–Crippen LogP) is 0.998. The van der Waals surface area contributed by atoms with E-state index in [0.29, 0.717) is 19.0 Å². The lowest BCUT2D eigenvalue weighted by atomic mass is 10.2. The van der Waals surface area contributed by atoms with Gasteiger partial charge >= 0.3 is 0 Å². The molecule has 25 heavy (non-hydrogen) atoms. The lowest BCUT2D eigenvalue weighted by molar-refractivity contribution is -0.127. The Morgan fingerprint density at radius 1 is 1.40 bits per heavy atom. The van der Waals surface area contributed by atoms with Crippen LogP contribution < -0.4 is 15.4 Å². The summed E-state index contributed by atoms with van der Waals surface area (Å²) in [5.41, 5.74) is 1.04. The van der Waals surface area contributed by atoms with Crippen molar-refractivity contribution in [2.24, 2.45) is 4.99 Å². The molecule has 1 aromatic carbocycles. The first-order valence-corrected chi connectivity index (χ1v) is 8.55. The SMILES string of the molecule is COc1cccc(CN=C(NCC(=O)N(C)C)NCC2CCCO2)c1. The average molecular weight is 348 g/mol. The molecule has 0 saturated carbocycles. The molecular formula is C18H28N4O3. The minimum atomic E-state index is -0.00648. The number of carbonyl (C=O) groups excluding carboxylic acids is 1. The maximum atomic E-state index is 11.8. The van der Waals surface area contributed by atoms with Gasteiger partial charge in [0, 0.05) is 27.2 Å². The maximum absolute atomic E-state index is 11.8. The Labute approximate surface area is 149 Å². The van der Waals surface area contributed by atoms with Gasteiger partial charge in [0.05, 0.1) is 26.3 Å². The quantitative estimate of drug-likeness (QED) is 0.568. The van der Waals surface area contributed by atoms with Crippen LogP contribution in [-0.2, 0) is 16.1 Å². The van der Waals surface area contributed by atoms with Crippen LogP contribution in [0.2, 0.25) is 0 Å². The molecule has 1 heterocycles. The molecule has 2 rings (SSSR count). The summed E-state index contributed by atoms with van der Waals surface area (Å²) in [6.07, 6.45) is 2.34. The van der Waals surface area contributed by atoms with E-state index in [-0.39, 0.29) is 18.6 Å². The summed E-state index contributed by atoms with van der Waals surface area (Å²) in [5.74, 6) is 1.40. The molecule has 138 valence electrons. The van der Waals surface area contributed by atoms with E-state index < -0.39 is 0 Å². The van der Waals surface area contributed by atoms with E-state index in [9.17, 15) is 4.79 Å². The second kappa shape index (κ2) is 9.88. The zero-order chi connectivity index (χ0) is 18.1. The molecule has 1 unspecified atom stereocenters. The number of methoxy groups -OCH3 is 1. The van der Waals surface area contributed by atoms with Crippen LogP contribution in [0.5, 0.6) is 5.75 Å². The van der Waals surface area contributed by atoms with Crippen LogP contribution in [0.15, 0.2) is 29.3 Å². The van der Waals surface area contributed by atoms with Crippen LogP contribution in [0.3, 0.4) is 0 Å². The zero-order valence-electron chi connectivity index (χ0n) is 15.2. The number of aliphatic imine (C=N–C) groups is 1. The summed E-state index contributed by atoms with van der Waals surface area (Å²) in [7, 11) is 5.11. The van der Waals surface area contributed by atoms with Crippen molar-refractivity contribution in [3.63, 3.8) is 0 Å². The highest BCUT2D eigenvalue weighted by Crippen LogP contribution is 2.13. The van der Waals surface area contributed by atoms with Gasteiger partial charge in [0.1, 0.15) is 5.75 Å². The highest BCUT2D eigenvalue weighted by molar-refractivity contribution is 5.86. The summed E-state index contributed by atoms with van der Waals surface area (Å²) < 4.78 is 10.9. The highest BCUT2D eigenvalue weighted by atomic mass is 16.5. The van der Waals surface area contributed by atoms with Crippen LogP contribution in [-0.4, -0.2) is 63.8 Å². The van der Waals surface area contributed by atoms with Crippen molar-refractivity contribution in [2.45, 2.75) is 25.5 Å². The van der Waals surface area contributed by atoms with Gasteiger partial charge in [-0.1, -0.05) is 12.1 Å². The van der Waals surface area contributed by atoms with Crippen molar-refractivity contribution < 1.29 is 14.3 Å². The van der Waals surface area contributed by atoms with E-state index in [1.54, 1.807) is 26.1 Å². The van der Waals surface area contributed by atoms with Crippen LogP contribution in [0.1, 0.15) is 18.4 Å². The Balaban J connectivity index is 1.96. The number of hydrogen-bond acceptors (Lipinski definition) is 4. The minimum absolute atomic E-state index is 0.00648.